The third-order valence-corrected chi connectivity index (χ3v) is 2.46. The largest absolute Gasteiger partial charge is 0.437 e. The third kappa shape index (κ3) is 3.15. The molecule has 2 aromatic heterocycles. The molecule has 0 aliphatic heterocycles. The van der Waals surface area contributed by atoms with Crippen molar-refractivity contribution in [2.45, 2.75) is 13.4 Å². The predicted molar refractivity (Wildman–Crippen MR) is 68.7 cm³/mol. The van der Waals surface area contributed by atoms with E-state index in [1.54, 1.807) is 19.2 Å². The van der Waals surface area contributed by atoms with E-state index in [0.29, 0.717) is 12.2 Å². The molecule has 0 aliphatic carbocycles. The van der Waals surface area contributed by atoms with Gasteiger partial charge < -0.3 is 10.3 Å². The molecule has 9 heteroatoms. The van der Waals surface area contributed by atoms with Crippen LogP contribution >= 0.6 is 0 Å². The number of hydrogen-bond acceptors (Lipinski definition) is 6. The normalized spacial score (nSPS) is 10.4. The van der Waals surface area contributed by atoms with Crippen LogP contribution in [0.1, 0.15) is 5.56 Å². The smallest absolute Gasteiger partial charge is 0.373 e. The minimum atomic E-state index is -0.626. The average molecular weight is 261 g/mol. The molecule has 2 heterocycles. The molecule has 8 nitrogen and oxygen atoms in total. The second kappa shape index (κ2) is 5.59. The molecule has 0 saturated heterocycles. The van der Waals surface area contributed by atoms with Crippen molar-refractivity contribution in [2.24, 2.45) is 0 Å². The van der Waals surface area contributed by atoms with Crippen LogP contribution in [0.4, 0.5) is 5.69 Å². The molecule has 0 atom stereocenters. The summed E-state index contributed by atoms with van der Waals surface area (Å²) in [5.74, 6) is 0. The van der Waals surface area contributed by atoms with Gasteiger partial charge in [-0.25, -0.2) is 4.68 Å². The first kappa shape index (κ1) is 13.2. The van der Waals surface area contributed by atoms with E-state index in [0.717, 1.165) is 5.56 Å². The second-order valence-electron chi connectivity index (χ2n) is 3.97. The van der Waals surface area contributed by atoms with Gasteiger partial charge in [0, 0.05) is 24.5 Å². The molecule has 0 saturated carbocycles. The van der Waals surface area contributed by atoms with Gasteiger partial charge in [-0.2, -0.15) is 5.10 Å². The highest BCUT2D eigenvalue weighted by molar-refractivity contribution is 6.45. The van der Waals surface area contributed by atoms with Crippen LogP contribution in [0.3, 0.4) is 0 Å². The van der Waals surface area contributed by atoms with E-state index in [2.05, 4.69) is 15.3 Å². The zero-order valence-electron chi connectivity index (χ0n) is 10.2. The van der Waals surface area contributed by atoms with E-state index in [4.69, 9.17) is 5.02 Å². The van der Waals surface area contributed by atoms with Crippen molar-refractivity contribution in [2.75, 3.05) is 0 Å². The van der Waals surface area contributed by atoms with Crippen LogP contribution in [0.25, 0.3) is 5.69 Å². The molecular formula is C10H12BN5O3. The van der Waals surface area contributed by atoms with Gasteiger partial charge in [-0.3, -0.25) is 15.1 Å². The van der Waals surface area contributed by atoms with Crippen molar-refractivity contribution >= 4 is 12.7 Å². The Morgan fingerprint density at radius 1 is 1.58 bits per heavy atom. The fraction of sp³-hybridized carbons (Fsp3) is 0.200. The molecule has 0 radical (unpaired) electrons. The summed E-state index contributed by atoms with van der Waals surface area (Å²) in [6.45, 7) is 2.04. The lowest BCUT2D eigenvalue weighted by Gasteiger charge is -2.02. The van der Waals surface area contributed by atoms with Crippen LogP contribution < -0.4 is 5.23 Å². The van der Waals surface area contributed by atoms with Gasteiger partial charge >= 0.3 is 12.7 Å². The molecule has 98 valence electrons. The molecule has 0 aliphatic rings. The number of nitrogens with zero attached hydrogens (tertiary/aromatic N) is 4. The Labute approximate surface area is 109 Å². The van der Waals surface area contributed by atoms with Gasteiger partial charge in [0.1, 0.15) is 11.9 Å². The Kier molecular flexibility index (Phi) is 3.88. The highest BCUT2D eigenvalue weighted by Gasteiger charge is 2.16. The SMILES string of the molecule is CB(O)NCc1cnn(-c2ccncc2[N+](=O)[O-])c1. The molecule has 0 spiro atoms. The van der Waals surface area contributed by atoms with Gasteiger partial charge in [0.15, 0.2) is 0 Å². The van der Waals surface area contributed by atoms with E-state index in [-0.39, 0.29) is 5.69 Å². The quantitative estimate of drug-likeness (QED) is 0.457. The molecule has 0 fully saturated rings. The maximum Gasteiger partial charge on any atom is 0.373 e. The number of pyridine rings is 1. The Balaban J connectivity index is 2.25. The first-order chi connectivity index (χ1) is 9.08. The summed E-state index contributed by atoms with van der Waals surface area (Å²) in [5, 5.41) is 26.9. The van der Waals surface area contributed by atoms with E-state index in [1.807, 2.05) is 0 Å². The average Bonchev–Trinajstić information content (AvgIpc) is 2.85. The Hall–Kier alpha value is -2.26. The summed E-state index contributed by atoms with van der Waals surface area (Å²) in [4.78, 5) is 14.1. The monoisotopic (exact) mass is 261 g/mol. The number of rotatable bonds is 5. The minimum Gasteiger partial charge on any atom is -0.437 e. The van der Waals surface area contributed by atoms with Gasteiger partial charge in [0.2, 0.25) is 0 Å². The standard InChI is InChI=1S/C10H12BN5O3/c1-11(17)13-4-8-5-14-15(7-8)9-2-3-12-6-10(9)16(18)19/h2-3,5-7,13,17H,4H2,1H3. The number of hydrogen-bond donors (Lipinski definition) is 2. The van der Waals surface area contributed by atoms with Crippen molar-refractivity contribution in [1.29, 1.82) is 0 Å². The third-order valence-electron chi connectivity index (χ3n) is 2.46. The molecule has 0 amide bonds. The summed E-state index contributed by atoms with van der Waals surface area (Å²) < 4.78 is 1.42. The molecule has 2 rings (SSSR count). The second-order valence-corrected chi connectivity index (χ2v) is 3.97. The maximum atomic E-state index is 10.9. The summed E-state index contributed by atoms with van der Waals surface area (Å²) >= 11 is 0. The van der Waals surface area contributed by atoms with Crippen LogP contribution in [0.5, 0.6) is 0 Å². The van der Waals surface area contributed by atoms with Crippen molar-refractivity contribution < 1.29 is 9.95 Å². The van der Waals surface area contributed by atoms with Crippen LogP contribution in [0.15, 0.2) is 30.9 Å². The fourth-order valence-electron chi connectivity index (χ4n) is 1.56. The van der Waals surface area contributed by atoms with Crippen LogP contribution in [0.2, 0.25) is 6.82 Å². The van der Waals surface area contributed by atoms with Crippen molar-refractivity contribution in [3.05, 3.63) is 46.5 Å². The predicted octanol–water partition coefficient (Wildman–Crippen LogP) is 0.375. The summed E-state index contributed by atoms with van der Waals surface area (Å²) in [7, 11) is -0.626. The highest BCUT2D eigenvalue weighted by atomic mass is 16.6. The molecule has 2 N–H and O–H groups in total. The van der Waals surface area contributed by atoms with Crippen LogP contribution in [-0.4, -0.2) is 31.8 Å². The number of aromatic nitrogens is 3. The van der Waals surface area contributed by atoms with Crippen LogP contribution in [-0.2, 0) is 6.54 Å². The van der Waals surface area contributed by atoms with Crippen molar-refractivity contribution in [3.8, 4) is 5.69 Å². The van der Waals surface area contributed by atoms with Gasteiger partial charge in [-0.15, -0.1) is 0 Å². The molecule has 0 bridgehead atoms. The number of nitrogens with one attached hydrogen (secondary N) is 1. The van der Waals surface area contributed by atoms with E-state index in [9.17, 15) is 10.1 Å². The van der Waals surface area contributed by atoms with Gasteiger partial charge in [0.25, 0.3) is 0 Å². The first-order valence-electron chi connectivity index (χ1n) is 5.61. The maximum absolute atomic E-state index is 10.9. The molecule has 2 aromatic rings. The van der Waals surface area contributed by atoms with E-state index >= 15 is 0 Å². The lowest BCUT2D eigenvalue weighted by molar-refractivity contribution is -0.385. The van der Waals surface area contributed by atoms with Gasteiger partial charge in [-0.1, -0.05) is 0 Å². The molecular weight excluding hydrogens is 249 g/mol. The highest BCUT2D eigenvalue weighted by Crippen LogP contribution is 2.20. The van der Waals surface area contributed by atoms with E-state index in [1.165, 1.54) is 23.1 Å². The zero-order chi connectivity index (χ0) is 13.8. The Morgan fingerprint density at radius 2 is 2.37 bits per heavy atom. The fourth-order valence-corrected chi connectivity index (χ4v) is 1.56. The van der Waals surface area contributed by atoms with Crippen LogP contribution in [0, 0.1) is 10.1 Å². The minimum absolute atomic E-state index is 0.111. The lowest BCUT2D eigenvalue weighted by Crippen LogP contribution is -2.29. The number of nitro groups is 1. The first-order valence-corrected chi connectivity index (χ1v) is 5.61. The molecule has 0 unspecified atom stereocenters. The van der Waals surface area contributed by atoms with E-state index < -0.39 is 12.0 Å². The Morgan fingerprint density at radius 3 is 3.05 bits per heavy atom. The molecule has 19 heavy (non-hydrogen) atoms. The van der Waals surface area contributed by atoms with Gasteiger partial charge in [0.05, 0.1) is 11.1 Å². The summed E-state index contributed by atoms with van der Waals surface area (Å²) in [6, 6.07) is 1.52. The van der Waals surface area contributed by atoms with Gasteiger partial charge in [-0.05, 0) is 12.9 Å². The zero-order valence-corrected chi connectivity index (χ0v) is 10.2. The topological polar surface area (TPSA) is 106 Å². The van der Waals surface area contributed by atoms with Crippen molar-refractivity contribution in [3.63, 3.8) is 0 Å². The van der Waals surface area contributed by atoms with Crippen molar-refractivity contribution in [1.82, 2.24) is 20.0 Å². The summed E-state index contributed by atoms with van der Waals surface area (Å²) in [5.41, 5.74) is 1.05. The summed E-state index contributed by atoms with van der Waals surface area (Å²) in [6.07, 6.45) is 5.90. The Bertz CT molecular complexity index is 586. The molecule has 0 aromatic carbocycles. The lowest BCUT2D eigenvalue weighted by atomic mass is 9.89.